The summed E-state index contributed by atoms with van der Waals surface area (Å²) in [5.41, 5.74) is 1.16. The van der Waals surface area contributed by atoms with Gasteiger partial charge in [-0.3, -0.25) is 4.79 Å². The molecule has 174 valence electrons. The van der Waals surface area contributed by atoms with Gasteiger partial charge in [-0.15, -0.1) is 0 Å². The van der Waals surface area contributed by atoms with Gasteiger partial charge in [0.1, 0.15) is 11.4 Å². The lowest BCUT2D eigenvalue weighted by Gasteiger charge is -2.35. The van der Waals surface area contributed by atoms with E-state index in [9.17, 15) is 4.79 Å². The summed E-state index contributed by atoms with van der Waals surface area (Å²) in [5, 5.41) is 2.88. The van der Waals surface area contributed by atoms with Crippen molar-refractivity contribution in [2.75, 3.05) is 53.0 Å². The van der Waals surface area contributed by atoms with Crippen molar-refractivity contribution in [3.63, 3.8) is 0 Å². The second-order valence-corrected chi connectivity index (χ2v) is 7.63. The first-order valence-corrected chi connectivity index (χ1v) is 10.7. The standard InChI is InChI=1S/C23H32N4O5/c1-15-8-6-7-10-27(15)22-17(23(28)24-9-11-29-2)14-25-21(26-22)16-12-18(30-3)20(32-5)19(13-16)31-4/h12-15H,6-11H2,1-5H3,(H,24,28). The van der Waals surface area contributed by atoms with Crippen LogP contribution in [-0.4, -0.2) is 70.1 Å². The fourth-order valence-electron chi connectivity index (χ4n) is 3.88. The van der Waals surface area contributed by atoms with Crippen molar-refractivity contribution in [2.45, 2.75) is 32.2 Å². The van der Waals surface area contributed by atoms with Crippen LogP contribution in [0.15, 0.2) is 18.3 Å². The van der Waals surface area contributed by atoms with E-state index in [0.29, 0.717) is 53.2 Å². The molecule has 0 bridgehead atoms. The number of amides is 1. The van der Waals surface area contributed by atoms with Crippen LogP contribution in [0, 0.1) is 0 Å². The maximum absolute atomic E-state index is 12.9. The smallest absolute Gasteiger partial charge is 0.256 e. The van der Waals surface area contributed by atoms with Gasteiger partial charge in [-0.05, 0) is 38.3 Å². The van der Waals surface area contributed by atoms with Gasteiger partial charge in [0.15, 0.2) is 17.3 Å². The fraction of sp³-hybridized carbons (Fsp3) is 0.522. The number of hydrogen-bond acceptors (Lipinski definition) is 8. The Labute approximate surface area is 189 Å². The summed E-state index contributed by atoms with van der Waals surface area (Å²) < 4.78 is 21.4. The van der Waals surface area contributed by atoms with Crippen LogP contribution < -0.4 is 24.4 Å². The molecule has 9 heteroatoms. The molecule has 1 aromatic heterocycles. The summed E-state index contributed by atoms with van der Waals surface area (Å²) in [5.74, 6) is 2.42. The van der Waals surface area contributed by atoms with Gasteiger partial charge in [0.25, 0.3) is 5.91 Å². The van der Waals surface area contributed by atoms with Gasteiger partial charge in [0, 0.05) is 38.0 Å². The van der Waals surface area contributed by atoms with Crippen LogP contribution in [-0.2, 0) is 4.74 Å². The van der Waals surface area contributed by atoms with E-state index in [-0.39, 0.29) is 11.9 Å². The number of rotatable bonds is 9. The molecule has 0 saturated carbocycles. The van der Waals surface area contributed by atoms with Gasteiger partial charge in [-0.2, -0.15) is 0 Å². The van der Waals surface area contributed by atoms with E-state index in [2.05, 4.69) is 22.1 Å². The third-order valence-electron chi connectivity index (χ3n) is 5.60. The molecule has 1 amide bonds. The third-order valence-corrected chi connectivity index (χ3v) is 5.60. The molecular weight excluding hydrogens is 412 g/mol. The first kappa shape index (κ1) is 23.6. The number of ether oxygens (including phenoxy) is 4. The minimum Gasteiger partial charge on any atom is -0.493 e. The molecule has 3 rings (SSSR count). The maximum Gasteiger partial charge on any atom is 0.256 e. The summed E-state index contributed by atoms with van der Waals surface area (Å²) in [4.78, 5) is 24.4. The van der Waals surface area contributed by atoms with Crippen LogP contribution in [0.3, 0.4) is 0 Å². The monoisotopic (exact) mass is 444 g/mol. The molecule has 2 aromatic rings. The van der Waals surface area contributed by atoms with Crippen LogP contribution >= 0.6 is 0 Å². The predicted octanol–water partition coefficient (Wildman–Crippen LogP) is 2.92. The van der Waals surface area contributed by atoms with Gasteiger partial charge in [-0.25, -0.2) is 9.97 Å². The molecule has 1 N–H and O–H groups in total. The summed E-state index contributed by atoms with van der Waals surface area (Å²) in [7, 11) is 6.29. The molecular formula is C23H32N4O5. The van der Waals surface area contributed by atoms with Crippen LogP contribution in [0.25, 0.3) is 11.4 Å². The molecule has 0 aliphatic carbocycles. The van der Waals surface area contributed by atoms with Crippen molar-refractivity contribution in [1.82, 2.24) is 15.3 Å². The Balaban J connectivity index is 2.07. The van der Waals surface area contributed by atoms with E-state index in [4.69, 9.17) is 23.9 Å². The SMILES string of the molecule is COCCNC(=O)c1cnc(-c2cc(OC)c(OC)c(OC)c2)nc1N1CCCCC1C. The molecule has 9 nitrogen and oxygen atoms in total. The molecule has 1 aliphatic heterocycles. The lowest BCUT2D eigenvalue weighted by Crippen LogP contribution is -2.40. The zero-order valence-electron chi connectivity index (χ0n) is 19.4. The number of carbonyl (C=O) groups excluding carboxylic acids is 1. The minimum absolute atomic E-state index is 0.216. The van der Waals surface area contributed by atoms with Crippen molar-refractivity contribution in [1.29, 1.82) is 0 Å². The lowest BCUT2D eigenvalue weighted by molar-refractivity contribution is 0.0936. The highest BCUT2D eigenvalue weighted by atomic mass is 16.5. The Kier molecular flexibility index (Phi) is 8.10. The third kappa shape index (κ3) is 5.04. The van der Waals surface area contributed by atoms with Crippen LogP contribution in [0.2, 0.25) is 0 Å². The van der Waals surface area contributed by atoms with Crippen molar-refractivity contribution < 1.29 is 23.7 Å². The molecule has 1 aliphatic rings. The Morgan fingerprint density at radius 2 is 1.84 bits per heavy atom. The largest absolute Gasteiger partial charge is 0.493 e. The van der Waals surface area contributed by atoms with E-state index < -0.39 is 0 Å². The molecule has 1 fully saturated rings. The van der Waals surface area contributed by atoms with Gasteiger partial charge in [0.05, 0.1) is 27.9 Å². The van der Waals surface area contributed by atoms with Crippen molar-refractivity contribution in [3.05, 3.63) is 23.9 Å². The minimum atomic E-state index is -0.216. The summed E-state index contributed by atoms with van der Waals surface area (Å²) in [6.45, 7) is 3.85. The number of piperidine rings is 1. The lowest BCUT2D eigenvalue weighted by atomic mass is 10.0. The average Bonchev–Trinajstić information content (AvgIpc) is 2.83. The van der Waals surface area contributed by atoms with Crippen LogP contribution in [0.4, 0.5) is 5.82 Å². The molecule has 2 heterocycles. The second kappa shape index (κ2) is 11.0. The van der Waals surface area contributed by atoms with E-state index in [0.717, 1.165) is 25.8 Å². The Morgan fingerprint density at radius 3 is 2.44 bits per heavy atom. The van der Waals surface area contributed by atoms with E-state index in [1.807, 2.05) is 0 Å². The van der Waals surface area contributed by atoms with Crippen molar-refractivity contribution in [3.8, 4) is 28.6 Å². The first-order chi connectivity index (χ1) is 15.5. The number of aromatic nitrogens is 2. The van der Waals surface area contributed by atoms with Gasteiger partial charge < -0.3 is 29.2 Å². The van der Waals surface area contributed by atoms with Crippen molar-refractivity contribution >= 4 is 11.7 Å². The van der Waals surface area contributed by atoms with Gasteiger partial charge in [-0.1, -0.05) is 0 Å². The number of anilines is 1. The summed E-state index contributed by atoms with van der Waals surface area (Å²) >= 11 is 0. The van der Waals surface area contributed by atoms with E-state index in [1.165, 1.54) is 0 Å². The normalized spacial score (nSPS) is 15.9. The topological polar surface area (TPSA) is 95.0 Å². The Hall–Kier alpha value is -3.07. The summed E-state index contributed by atoms with van der Waals surface area (Å²) in [6, 6.07) is 3.88. The Bertz CT molecular complexity index is 912. The number of hydrogen-bond donors (Lipinski definition) is 1. The second-order valence-electron chi connectivity index (χ2n) is 7.63. The molecule has 1 aromatic carbocycles. The zero-order valence-corrected chi connectivity index (χ0v) is 19.4. The predicted molar refractivity (Wildman–Crippen MR) is 122 cm³/mol. The number of carbonyl (C=O) groups is 1. The summed E-state index contributed by atoms with van der Waals surface area (Å²) in [6.07, 6.45) is 4.86. The van der Waals surface area contributed by atoms with Crippen LogP contribution in [0.1, 0.15) is 36.5 Å². The number of methoxy groups -OCH3 is 4. The van der Waals surface area contributed by atoms with Crippen molar-refractivity contribution in [2.24, 2.45) is 0 Å². The zero-order chi connectivity index (χ0) is 23.1. The highest BCUT2D eigenvalue weighted by molar-refractivity contribution is 5.99. The van der Waals surface area contributed by atoms with Gasteiger partial charge in [0.2, 0.25) is 5.75 Å². The van der Waals surface area contributed by atoms with Gasteiger partial charge >= 0.3 is 0 Å². The first-order valence-electron chi connectivity index (χ1n) is 10.7. The maximum atomic E-state index is 12.9. The number of benzene rings is 1. The highest BCUT2D eigenvalue weighted by Gasteiger charge is 2.26. The molecule has 1 unspecified atom stereocenters. The number of nitrogens with zero attached hydrogens (tertiary/aromatic N) is 3. The Morgan fingerprint density at radius 1 is 1.12 bits per heavy atom. The molecule has 32 heavy (non-hydrogen) atoms. The quantitative estimate of drug-likeness (QED) is 0.590. The van der Waals surface area contributed by atoms with E-state index in [1.54, 1.807) is 46.8 Å². The highest BCUT2D eigenvalue weighted by Crippen LogP contribution is 2.41. The molecule has 0 radical (unpaired) electrons. The van der Waals surface area contributed by atoms with E-state index >= 15 is 0 Å². The van der Waals surface area contributed by atoms with Crippen LogP contribution in [0.5, 0.6) is 17.2 Å². The molecule has 1 saturated heterocycles. The number of nitrogens with one attached hydrogen (secondary N) is 1. The fourth-order valence-corrected chi connectivity index (χ4v) is 3.88. The average molecular weight is 445 g/mol. The molecule has 1 atom stereocenters. The molecule has 0 spiro atoms.